The van der Waals surface area contributed by atoms with Gasteiger partial charge in [-0.15, -0.1) is 0 Å². The number of nitrogens with zero attached hydrogens (tertiary/aromatic N) is 1. The van der Waals surface area contributed by atoms with E-state index in [0.717, 1.165) is 37.4 Å². The van der Waals surface area contributed by atoms with Crippen molar-refractivity contribution in [2.45, 2.75) is 58.3 Å². The van der Waals surface area contributed by atoms with E-state index >= 15 is 0 Å². The van der Waals surface area contributed by atoms with Gasteiger partial charge in [-0.3, -0.25) is 0 Å². The zero-order valence-electron chi connectivity index (χ0n) is 14.4. The van der Waals surface area contributed by atoms with Crippen LogP contribution in [0.15, 0.2) is 12.3 Å². The number of piperidine rings is 1. The summed E-state index contributed by atoms with van der Waals surface area (Å²) in [4.78, 5) is 2.32. The third-order valence-corrected chi connectivity index (χ3v) is 5.80. The summed E-state index contributed by atoms with van der Waals surface area (Å²) in [5.74, 6) is 2.38. The van der Waals surface area contributed by atoms with Crippen LogP contribution in [-0.2, 0) is 0 Å². The number of aliphatic hydroxyl groups is 2. The van der Waals surface area contributed by atoms with Gasteiger partial charge in [0, 0.05) is 31.4 Å². The molecule has 0 radical (unpaired) electrons. The number of hydrogen-bond acceptors (Lipinski definition) is 5. The number of hydrogen-bond donors (Lipinski definition) is 3. The number of nitrogens with one attached hydrogen (secondary N) is 1. The molecule has 1 aliphatic heterocycles. The van der Waals surface area contributed by atoms with Crippen LogP contribution in [0.5, 0.6) is 0 Å². The van der Waals surface area contributed by atoms with Gasteiger partial charge in [-0.1, -0.05) is 13.5 Å². The lowest BCUT2D eigenvalue weighted by Gasteiger charge is -2.37. The van der Waals surface area contributed by atoms with Crippen molar-refractivity contribution < 1.29 is 10.2 Å². The number of aliphatic hydroxyl groups excluding tert-OH is 2. The van der Waals surface area contributed by atoms with E-state index in [2.05, 4.69) is 30.6 Å². The third kappa shape index (κ3) is 6.11. The van der Waals surface area contributed by atoms with Gasteiger partial charge in [-0.2, -0.15) is 11.8 Å². The van der Waals surface area contributed by atoms with Crippen LogP contribution in [0.25, 0.3) is 0 Å². The topological polar surface area (TPSA) is 55.7 Å². The minimum absolute atomic E-state index is 0.117. The molecule has 0 amide bonds. The summed E-state index contributed by atoms with van der Waals surface area (Å²) in [6.45, 7) is 13.1. The first-order valence-corrected chi connectivity index (χ1v) is 9.76. The monoisotopic (exact) mass is 330 g/mol. The SMILES string of the molecule is C=C(CCCSCCC1NCC(O)C(O)C1C)N(CC)CC. The number of β-amino-alcohol motifs (C(OH)–C–C–N with tert-alkyl or cyclic N) is 1. The van der Waals surface area contributed by atoms with Crippen LogP contribution < -0.4 is 5.32 Å². The Morgan fingerprint density at radius 3 is 2.59 bits per heavy atom. The molecule has 0 aromatic rings. The van der Waals surface area contributed by atoms with E-state index in [0.29, 0.717) is 12.6 Å². The molecule has 22 heavy (non-hydrogen) atoms. The Morgan fingerprint density at radius 1 is 1.27 bits per heavy atom. The second-order valence-corrected chi connectivity index (χ2v) is 7.40. The molecule has 1 heterocycles. The fraction of sp³-hybridized carbons (Fsp3) is 0.882. The van der Waals surface area contributed by atoms with E-state index in [9.17, 15) is 10.2 Å². The van der Waals surface area contributed by atoms with Gasteiger partial charge in [-0.25, -0.2) is 0 Å². The van der Waals surface area contributed by atoms with E-state index in [1.165, 1.54) is 12.1 Å². The smallest absolute Gasteiger partial charge is 0.0926 e. The molecule has 130 valence electrons. The standard InChI is InChI=1S/C17H34N2O2S/c1-5-19(6-2)13(3)8-7-10-22-11-9-15-14(4)17(21)16(20)12-18-15/h14-18,20-21H,3,5-12H2,1-2,4H3. The molecule has 0 aliphatic carbocycles. The summed E-state index contributed by atoms with van der Waals surface area (Å²) in [5, 5.41) is 22.9. The van der Waals surface area contributed by atoms with Gasteiger partial charge in [0.1, 0.15) is 0 Å². The quantitative estimate of drug-likeness (QED) is 0.536. The predicted molar refractivity (Wildman–Crippen MR) is 96.2 cm³/mol. The molecule has 4 atom stereocenters. The molecule has 0 spiro atoms. The lowest BCUT2D eigenvalue weighted by molar-refractivity contribution is -0.0461. The molecule has 1 aliphatic rings. The van der Waals surface area contributed by atoms with Gasteiger partial charge >= 0.3 is 0 Å². The van der Waals surface area contributed by atoms with Crippen LogP contribution >= 0.6 is 11.8 Å². The number of thioether (sulfide) groups is 1. The highest BCUT2D eigenvalue weighted by Crippen LogP contribution is 2.21. The van der Waals surface area contributed by atoms with Gasteiger partial charge < -0.3 is 20.4 Å². The molecule has 4 nitrogen and oxygen atoms in total. The van der Waals surface area contributed by atoms with E-state index in [-0.39, 0.29) is 5.92 Å². The van der Waals surface area contributed by atoms with Crippen molar-refractivity contribution in [3.63, 3.8) is 0 Å². The fourth-order valence-electron chi connectivity index (χ4n) is 3.05. The fourth-order valence-corrected chi connectivity index (χ4v) is 4.02. The van der Waals surface area contributed by atoms with Crippen LogP contribution in [0, 0.1) is 5.92 Å². The van der Waals surface area contributed by atoms with Gasteiger partial charge in [0.05, 0.1) is 12.2 Å². The Morgan fingerprint density at radius 2 is 1.95 bits per heavy atom. The van der Waals surface area contributed by atoms with Crippen molar-refractivity contribution in [2.24, 2.45) is 5.92 Å². The maximum atomic E-state index is 9.91. The van der Waals surface area contributed by atoms with E-state index < -0.39 is 12.2 Å². The highest BCUT2D eigenvalue weighted by atomic mass is 32.2. The molecule has 0 saturated carbocycles. The average molecular weight is 331 g/mol. The van der Waals surface area contributed by atoms with Gasteiger partial charge in [0.25, 0.3) is 0 Å². The minimum Gasteiger partial charge on any atom is -0.390 e. The van der Waals surface area contributed by atoms with Gasteiger partial charge in [0.15, 0.2) is 0 Å². The summed E-state index contributed by atoms with van der Waals surface area (Å²) < 4.78 is 0. The Kier molecular flexibility index (Phi) is 9.48. The summed E-state index contributed by atoms with van der Waals surface area (Å²) in [7, 11) is 0. The third-order valence-electron chi connectivity index (χ3n) is 4.69. The molecular weight excluding hydrogens is 296 g/mol. The highest BCUT2D eigenvalue weighted by Gasteiger charge is 2.33. The van der Waals surface area contributed by atoms with Crippen LogP contribution in [-0.4, -0.2) is 64.5 Å². The summed E-state index contributed by atoms with van der Waals surface area (Å²) in [6, 6.07) is 0.316. The lowest BCUT2D eigenvalue weighted by Crippen LogP contribution is -2.55. The maximum absolute atomic E-state index is 9.91. The van der Waals surface area contributed by atoms with Gasteiger partial charge in [-0.05, 0) is 50.5 Å². The van der Waals surface area contributed by atoms with Crippen LogP contribution in [0.4, 0.5) is 0 Å². The van der Waals surface area contributed by atoms with Crippen LogP contribution in [0.1, 0.15) is 40.0 Å². The summed E-state index contributed by atoms with van der Waals surface area (Å²) in [6.07, 6.45) is 2.10. The average Bonchev–Trinajstić information content (AvgIpc) is 2.51. The Balaban J connectivity index is 2.10. The number of rotatable bonds is 10. The van der Waals surface area contributed by atoms with Crippen LogP contribution in [0.2, 0.25) is 0 Å². The molecule has 5 heteroatoms. The highest BCUT2D eigenvalue weighted by molar-refractivity contribution is 7.99. The largest absolute Gasteiger partial charge is 0.390 e. The van der Waals surface area contributed by atoms with Crippen LogP contribution in [0.3, 0.4) is 0 Å². The molecule has 1 saturated heterocycles. The van der Waals surface area contributed by atoms with E-state index in [4.69, 9.17) is 0 Å². The molecule has 3 N–H and O–H groups in total. The first-order valence-electron chi connectivity index (χ1n) is 8.61. The molecule has 0 bridgehead atoms. The normalized spacial score (nSPS) is 28.6. The van der Waals surface area contributed by atoms with Crippen molar-refractivity contribution in [1.82, 2.24) is 10.2 Å². The Labute approximate surface area is 140 Å². The first-order chi connectivity index (χ1) is 10.5. The first kappa shape index (κ1) is 19.8. The molecule has 0 aromatic carbocycles. The molecular formula is C17H34N2O2S. The summed E-state index contributed by atoms with van der Waals surface area (Å²) in [5.41, 5.74) is 1.25. The van der Waals surface area contributed by atoms with E-state index in [1.807, 2.05) is 18.7 Å². The molecule has 1 fully saturated rings. The molecule has 4 unspecified atom stereocenters. The van der Waals surface area contributed by atoms with Gasteiger partial charge in [0.2, 0.25) is 0 Å². The summed E-state index contributed by atoms with van der Waals surface area (Å²) >= 11 is 1.98. The van der Waals surface area contributed by atoms with Crippen molar-refractivity contribution in [3.05, 3.63) is 12.3 Å². The van der Waals surface area contributed by atoms with E-state index in [1.54, 1.807) is 0 Å². The number of allylic oxidation sites excluding steroid dienone is 1. The molecule has 0 aromatic heterocycles. The maximum Gasteiger partial charge on any atom is 0.0926 e. The Bertz CT molecular complexity index is 324. The Hall–Kier alpha value is -0.230. The predicted octanol–water partition coefficient (Wildman–Crippen LogP) is 2.08. The van der Waals surface area contributed by atoms with Crippen molar-refractivity contribution >= 4 is 11.8 Å². The zero-order valence-corrected chi connectivity index (χ0v) is 15.2. The van der Waals surface area contributed by atoms with Crippen molar-refractivity contribution in [1.29, 1.82) is 0 Å². The second kappa shape index (κ2) is 10.5. The van der Waals surface area contributed by atoms with Crippen molar-refractivity contribution in [2.75, 3.05) is 31.1 Å². The minimum atomic E-state index is -0.620. The lowest BCUT2D eigenvalue weighted by atomic mass is 9.87. The molecule has 1 rings (SSSR count). The van der Waals surface area contributed by atoms with Crippen molar-refractivity contribution in [3.8, 4) is 0 Å². The second-order valence-electron chi connectivity index (χ2n) is 6.17. The zero-order chi connectivity index (χ0) is 16.5.